The van der Waals surface area contributed by atoms with Crippen LogP contribution in [0.5, 0.6) is 0 Å². The van der Waals surface area contributed by atoms with Crippen LogP contribution in [0.3, 0.4) is 0 Å². The maximum atomic E-state index is 6.38. The Labute approximate surface area is 132 Å². The quantitative estimate of drug-likeness (QED) is 0.855. The van der Waals surface area contributed by atoms with Crippen LogP contribution in [0.25, 0.3) is 10.8 Å². The average molecular weight is 299 g/mol. The first kappa shape index (κ1) is 14.9. The number of hydrogen-bond donors (Lipinski definition) is 1. The van der Waals surface area contributed by atoms with Crippen molar-refractivity contribution in [3.63, 3.8) is 0 Å². The molecule has 0 amide bonds. The van der Waals surface area contributed by atoms with E-state index in [1.807, 2.05) is 11.8 Å². The summed E-state index contributed by atoms with van der Waals surface area (Å²) >= 11 is 1.98. The largest absolute Gasteiger partial charge is 0.327 e. The highest BCUT2D eigenvalue weighted by atomic mass is 32.2. The number of thioether (sulfide) groups is 1. The smallest absolute Gasteiger partial charge is 0.0249 e. The molecule has 3 rings (SSSR count). The van der Waals surface area contributed by atoms with Gasteiger partial charge in [0.15, 0.2) is 0 Å². The van der Waals surface area contributed by atoms with Crippen LogP contribution in [0.1, 0.15) is 33.1 Å². The van der Waals surface area contributed by atoms with E-state index in [9.17, 15) is 0 Å². The summed E-state index contributed by atoms with van der Waals surface area (Å²) in [5.74, 6) is 1.61. The molecule has 0 saturated heterocycles. The molecule has 2 aromatic carbocycles. The number of fused-ring (bicyclic) bond motifs is 1. The van der Waals surface area contributed by atoms with E-state index in [1.165, 1.54) is 34.9 Å². The second-order valence-electron chi connectivity index (χ2n) is 6.65. The minimum Gasteiger partial charge on any atom is -0.327 e. The van der Waals surface area contributed by atoms with Gasteiger partial charge in [0.1, 0.15) is 0 Å². The van der Waals surface area contributed by atoms with Gasteiger partial charge in [0.2, 0.25) is 0 Å². The van der Waals surface area contributed by atoms with Crippen molar-refractivity contribution in [1.82, 2.24) is 0 Å². The third-order valence-corrected chi connectivity index (χ3v) is 6.21. The lowest BCUT2D eigenvalue weighted by atomic mass is 9.79. The highest BCUT2D eigenvalue weighted by Gasteiger charge is 2.30. The highest BCUT2D eigenvalue weighted by molar-refractivity contribution is 8.00. The molecular formula is C19H25NS. The SMILES string of the molecule is CC(C)C1CCC(N)C(Sc2ccc3ccccc3c2)C1. The van der Waals surface area contributed by atoms with E-state index in [4.69, 9.17) is 5.73 Å². The van der Waals surface area contributed by atoms with E-state index in [-0.39, 0.29) is 0 Å². The maximum Gasteiger partial charge on any atom is 0.0249 e. The monoisotopic (exact) mass is 299 g/mol. The van der Waals surface area contributed by atoms with Crippen molar-refractivity contribution in [3.8, 4) is 0 Å². The molecule has 0 aliphatic heterocycles. The van der Waals surface area contributed by atoms with Crippen molar-refractivity contribution in [2.75, 3.05) is 0 Å². The molecule has 2 heteroatoms. The molecule has 0 heterocycles. The van der Waals surface area contributed by atoms with Crippen molar-refractivity contribution < 1.29 is 0 Å². The minimum atomic E-state index is 0.344. The van der Waals surface area contributed by atoms with Crippen LogP contribution >= 0.6 is 11.8 Å². The van der Waals surface area contributed by atoms with E-state index in [0.29, 0.717) is 11.3 Å². The fourth-order valence-electron chi connectivity index (χ4n) is 3.34. The number of rotatable bonds is 3. The summed E-state index contributed by atoms with van der Waals surface area (Å²) < 4.78 is 0. The third kappa shape index (κ3) is 3.44. The van der Waals surface area contributed by atoms with E-state index in [2.05, 4.69) is 56.3 Å². The highest BCUT2D eigenvalue weighted by Crippen LogP contribution is 2.39. The summed E-state index contributed by atoms with van der Waals surface area (Å²) in [5, 5.41) is 3.20. The van der Waals surface area contributed by atoms with Crippen LogP contribution in [-0.4, -0.2) is 11.3 Å². The van der Waals surface area contributed by atoms with Gasteiger partial charge in [-0.1, -0.05) is 44.2 Å². The molecule has 0 aromatic heterocycles. The van der Waals surface area contributed by atoms with Crippen molar-refractivity contribution in [2.45, 2.75) is 49.3 Å². The second kappa shape index (κ2) is 6.41. The summed E-state index contributed by atoms with van der Waals surface area (Å²) in [4.78, 5) is 1.36. The van der Waals surface area contributed by atoms with Crippen LogP contribution in [0.4, 0.5) is 0 Å². The zero-order valence-corrected chi connectivity index (χ0v) is 13.8. The fourth-order valence-corrected chi connectivity index (χ4v) is 4.69. The number of benzene rings is 2. The molecule has 1 aliphatic carbocycles. The lowest BCUT2D eigenvalue weighted by Crippen LogP contribution is -2.39. The number of nitrogens with two attached hydrogens (primary N) is 1. The first-order valence-electron chi connectivity index (χ1n) is 8.04. The first-order valence-corrected chi connectivity index (χ1v) is 8.92. The summed E-state index contributed by atoms with van der Waals surface area (Å²) in [6.07, 6.45) is 3.73. The van der Waals surface area contributed by atoms with E-state index < -0.39 is 0 Å². The Morgan fingerprint density at radius 1 is 1.05 bits per heavy atom. The zero-order chi connectivity index (χ0) is 14.8. The van der Waals surface area contributed by atoms with Gasteiger partial charge in [-0.05, 0) is 54.0 Å². The van der Waals surface area contributed by atoms with Gasteiger partial charge in [-0.25, -0.2) is 0 Å². The molecule has 2 N–H and O–H groups in total. The zero-order valence-electron chi connectivity index (χ0n) is 13.0. The van der Waals surface area contributed by atoms with Crippen LogP contribution in [0, 0.1) is 11.8 Å². The van der Waals surface area contributed by atoms with Crippen molar-refractivity contribution in [1.29, 1.82) is 0 Å². The molecule has 1 nitrogen and oxygen atoms in total. The number of hydrogen-bond acceptors (Lipinski definition) is 2. The average Bonchev–Trinajstić information content (AvgIpc) is 2.49. The molecular weight excluding hydrogens is 274 g/mol. The lowest BCUT2D eigenvalue weighted by molar-refractivity contribution is 0.266. The van der Waals surface area contributed by atoms with Crippen molar-refractivity contribution in [3.05, 3.63) is 42.5 Å². The van der Waals surface area contributed by atoms with Crippen LogP contribution in [-0.2, 0) is 0 Å². The summed E-state index contributed by atoms with van der Waals surface area (Å²) in [5.41, 5.74) is 6.38. The lowest BCUT2D eigenvalue weighted by Gasteiger charge is -2.35. The van der Waals surface area contributed by atoms with Crippen molar-refractivity contribution in [2.24, 2.45) is 17.6 Å². The predicted octanol–water partition coefficient (Wildman–Crippen LogP) is 5.08. The van der Waals surface area contributed by atoms with E-state index in [0.717, 1.165) is 11.8 Å². The van der Waals surface area contributed by atoms with Crippen molar-refractivity contribution >= 4 is 22.5 Å². The molecule has 1 aliphatic rings. The van der Waals surface area contributed by atoms with Crippen LogP contribution in [0.2, 0.25) is 0 Å². The van der Waals surface area contributed by atoms with Gasteiger partial charge in [0.05, 0.1) is 0 Å². The van der Waals surface area contributed by atoms with Gasteiger partial charge >= 0.3 is 0 Å². The summed E-state index contributed by atoms with van der Waals surface area (Å²) in [6, 6.07) is 15.7. The van der Waals surface area contributed by atoms with Crippen LogP contribution < -0.4 is 5.73 Å². The Morgan fingerprint density at radius 2 is 1.81 bits per heavy atom. The van der Waals surface area contributed by atoms with Gasteiger partial charge in [-0.3, -0.25) is 0 Å². The Kier molecular flexibility index (Phi) is 4.56. The van der Waals surface area contributed by atoms with Gasteiger partial charge in [-0.15, -0.1) is 11.8 Å². The molecule has 2 aromatic rings. The Hall–Kier alpha value is -0.990. The molecule has 112 valence electrons. The second-order valence-corrected chi connectivity index (χ2v) is 7.96. The Morgan fingerprint density at radius 3 is 2.57 bits per heavy atom. The van der Waals surface area contributed by atoms with Gasteiger partial charge in [0, 0.05) is 16.2 Å². The fraction of sp³-hybridized carbons (Fsp3) is 0.474. The van der Waals surface area contributed by atoms with Gasteiger partial charge in [0.25, 0.3) is 0 Å². The summed E-state index contributed by atoms with van der Waals surface area (Å²) in [6.45, 7) is 4.69. The molecule has 0 spiro atoms. The predicted molar refractivity (Wildman–Crippen MR) is 93.7 cm³/mol. The standard InChI is InChI=1S/C19H25NS/c1-13(2)15-8-10-18(20)19(12-15)21-17-9-7-14-5-3-4-6-16(14)11-17/h3-7,9,11,13,15,18-19H,8,10,12,20H2,1-2H3. The maximum absolute atomic E-state index is 6.38. The molecule has 0 radical (unpaired) electrons. The van der Waals surface area contributed by atoms with Crippen LogP contribution in [0.15, 0.2) is 47.4 Å². The first-order chi connectivity index (χ1) is 10.1. The molecule has 21 heavy (non-hydrogen) atoms. The van der Waals surface area contributed by atoms with E-state index >= 15 is 0 Å². The van der Waals surface area contributed by atoms with Gasteiger partial charge in [-0.2, -0.15) is 0 Å². The Bertz CT molecular complexity index is 607. The normalized spacial score (nSPS) is 26.4. The summed E-state index contributed by atoms with van der Waals surface area (Å²) in [7, 11) is 0. The minimum absolute atomic E-state index is 0.344. The molecule has 3 unspecified atom stereocenters. The van der Waals surface area contributed by atoms with Gasteiger partial charge < -0.3 is 5.73 Å². The molecule has 0 bridgehead atoms. The third-order valence-electron chi connectivity index (χ3n) is 4.83. The Balaban J connectivity index is 1.76. The topological polar surface area (TPSA) is 26.0 Å². The van der Waals surface area contributed by atoms with E-state index in [1.54, 1.807) is 0 Å². The molecule has 1 fully saturated rings. The molecule has 3 atom stereocenters. The molecule has 1 saturated carbocycles.